The molecule has 3 rings (SSSR count). The summed E-state index contributed by atoms with van der Waals surface area (Å²) in [5.74, 6) is 1.52. The molecule has 0 radical (unpaired) electrons. The lowest BCUT2D eigenvalue weighted by Crippen LogP contribution is -2.47. The molecule has 0 aromatic carbocycles. The third-order valence-corrected chi connectivity index (χ3v) is 5.10. The van der Waals surface area contributed by atoms with E-state index in [1.807, 2.05) is 12.1 Å². The number of hydrogen-bond donors (Lipinski definition) is 0. The Balaban J connectivity index is 1.71. The molecule has 2 aliphatic rings. The molecule has 0 N–H and O–H groups in total. The Morgan fingerprint density at radius 1 is 1.35 bits per heavy atom. The number of carbonyl (C=O) groups excluding carboxylic acids is 1. The SMILES string of the molecule is CC(C)[C@H]1CN(Cc2cccc(Cl)n2)CCC(=O)N1CC1CC1. The molecule has 1 aromatic heterocycles. The van der Waals surface area contributed by atoms with Crippen LogP contribution in [0, 0.1) is 11.8 Å². The van der Waals surface area contributed by atoms with Crippen molar-refractivity contribution in [2.75, 3.05) is 19.6 Å². The van der Waals surface area contributed by atoms with E-state index in [4.69, 9.17) is 11.6 Å². The molecule has 4 nitrogen and oxygen atoms in total. The van der Waals surface area contributed by atoms with Crippen molar-refractivity contribution < 1.29 is 4.79 Å². The summed E-state index contributed by atoms with van der Waals surface area (Å²) in [5, 5.41) is 0.532. The molecule has 1 atom stereocenters. The highest BCUT2D eigenvalue weighted by atomic mass is 35.5. The molecule has 2 heterocycles. The Labute approximate surface area is 143 Å². The van der Waals surface area contributed by atoms with Crippen molar-refractivity contribution in [3.8, 4) is 0 Å². The molecule has 0 unspecified atom stereocenters. The number of amides is 1. The summed E-state index contributed by atoms with van der Waals surface area (Å²) in [7, 11) is 0. The van der Waals surface area contributed by atoms with Crippen LogP contribution in [0.5, 0.6) is 0 Å². The predicted octanol–water partition coefficient (Wildman–Crippen LogP) is 3.20. The van der Waals surface area contributed by atoms with Crippen LogP contribution in [0.2, 0.25) is 5.15 Å². The molecular weight excluding hydrogens is 310 g/mol. The van der Waals surface area contributed by atoms with E-state index < -0.39 is 0 Å². The van der Waals surface area contributed by atoms with Crippen molar-refractivity contribution in [1.82, 2.24) is 14.8 Å². The second-order valence-corrected chi connectivity index (χ2v) is 7.62. The summed E-state index contributed by atoms with van der Waals surface area (Å²) in [5.41, 5.74) is 0.975. The molecule has 1 amide bonds. The van der Waals surface area contributed by atoms with E-state index in [2.05, 4.69) is 28.6 Å². The average Bonchev–Trinajstić information content (AvgIpc) is 3.32. The lowest BCUT2D eigenvalue weighted by atomic mass is 10.0. The van der Waals surface area contributed by atoms with Crippen LogP contribution in [-0.2, 0) is 11.3 Å². The van der Waals surface area contributed by atoms with Crippen LogP contribution in [0.15, 0.2) is 18.2 Å². The van der Waals surface area contributed by atoms with Gasteiger partial charge >= 0.3 is 0 Å². The third kappa shape index (κ3) is 4.45. The Morgan fingerprint density at radius 3 is 2.78 bits per heavy atom. The highest BCUT2D eigenvalue weighted by Gasteiger charge is 2.35. The van der Waals surface area contributed by atoms with Crippen LogP contribution in [0.25, 0.3) is 0 Å². The molecule has 1 aromatic rings. The number of hydrogen-bond acceptors (Lipinski definition) is 3. The molecular formula is C18H26ClN3O. The third-order valence-electron chi connectivity index (χ3n) is 4.89. The summed E-state index contributed by atoms with van der Waals surface area (Å²) >= 11 is 5.99. The number of halogens is 1. The monoisotopic (exact) mass is 335 g/mol. The zero-order valence-corrected chi connectivity index (χ0v) is 14.8. The fourth-order valence-electron chi connectivity index (χ4n) is 3.33. The van der Waals surface area contributed by atoms with E-state index >= 15 is 0 Å². The van der Waals surface area contributed by atoms with Gasteiger partial charge in [-0.25, -0.2) is 4.98 Å². The summed E-state index contributed by atoms with van der Waals surface area (Å²) in [6.07, 6.45) is 3.17. The number of aromatic nitrogens is 1. The van der Waals surface area contributed by atoms with E-state index in [1.165, 1.54) is 12.8 Å². The van der Waals surface area contributed by atoms with Gasteiger partial charge in [0.15, 0.2) is 0 Å². The van der Waals surface area contributed by atoms with Gasteiger partial charge in [0.2, 0.25) is 5.91 Å². The van der Waals surface area contributed by atoms with Crippen LogP contribution >= 0.6 is 11.6 Å². The van der Waals surface area contributed by atoms with Crippen molar-refractivity contribution in [3.05, 3.63) is 29.0 Å². The van der Waals surface area contributed by atoms with Crippen molar-refractivity contribution in [1.29, 1.82) is 0 Å². The number of nitrogens with zero attached hydrogens (tertiary/aromatic N) is 3. The summed E-state index contributed by atoms with van der Waals surface area (Å²) in [6, 6.07) is 6.04. The van der Waals surface area contributed by atoms with Gasteiger partial charge < -0.3 is 4.90 Å². The van der Waals surface area contributed by atoms with E-state index in [0.717, 1.165) is 37.8 Å². The lowest BCUT2D eigenvalue weighted by Gasteiger charge is -2.34. The van der Waals surface area contributed by atoms with Gasteiger partial charge in [-0.1, -0.05) is 31.5 Å². The van der Waals surface area contributed by atoms with Crippen molar-refractivity contribution >= 4 is 17.5 Å². The highest BCUT2D eigenvalue weighted by Crippen LogP contribution is 2.32. The Bertz CT molecular complexity index is 559. The Hall–Kier alpha value is -1.13. The minimum atomic E-state index is 0.296. The standard InChI is InChI=1S/C18H26ClN3O/c1-13(2)16-12-21(11-15-4-3-5-17(19)20-15)9-8-18(23)22(16)10-14-6-7-14/h3-5,13-14,16H,6-12H2,1-2H3/t16-/m1/s1. The summed E-state index contributed by atoms with van der Waals surface area (Å²) < 4.78 is 0. The average molecular weight is 336 g/mol. The van der Waals surface area contributed by atoms with Crippen molar-refractivity contribution in [3.63, 3.8) is 0 Å². The van der Waals surface area contributed by atoms with Crippen LogP contribution in [0.3, 0.4) is 0 Å². The van der Waals surface area contributed by atoms with Gasteiger partial charge in [0, 0.05) is 38.6 Å². The van der Waals surface area contributed by atoms with Crippen molar-refractivity contribution in [2.45, 2.75) is 45.7 Å². The normalized spacial score (nSPS) is 23.4. The fourth-order valence-corrected chi connectivity index (χ4v) is 3.52. The molecule has 1 saturated carbocycles. The predicted molar refractivity (Wildman–Crippen MR) is 92.2 cm³/mol. The van der Waals surface area contributed by atoms with Crippen LogP contribution in [0.1, 0.15) is 38.8 Å². The number of rotatable bonds is 5. The molecule has 0 spiro atoms. The number of pyridine rings is 1. The van der Waals surface area contributed by atoms with Gasteiger partial charge in [0.25, 0.3) is 0 Å². The van der Waals surface area contributed by atoms with Gasteiger partial charge in [0.1, 0.15) is 5.15 Å². The van der Waals surface area contributed by atoms with Gasteiger partial charge in [-0.3, -0.25) is 9.69 Å². The molecule has 5 heteroatoms. The van der Waals surface area contributed by atoms with E-state index in [-0.39, 0.29) is 0 Å². The zero-order valence-electron chi connectivity index (χ0n) is 14.0. The summed E-state index contributed by atoms with van der Waals surface area (Å²) in [6.45, 7) is 7.87. The molecule has 23 heavy (non-hydrogen) atoms. The van der Waals surface area contributed by atoms with Gasteiger partial charge in [-0.05, 0) is 36.8 Å². The van der Waals surface area contributed by atoms with Crippen LogP contribution in [-0.4, -0.2) is 46.4 Å². The fraction of sp³-hybridized carbons (Fsp3) is 0.667. The topological polar surface area (TPSA) is 36.4 Å². The maximum atomic E-state index is 12.6. The Morgan fingerprint density at radius 2 is 2.13 bits per heavy atom. The lowest BCUT2D eigenvalue weighted by molar-refractivity contribution is -0.133. The second-order valence-electron chi connectivity index (χ2n) is 7.24. The van der Waals surface area contributed by atoms with Crippen LogP contribution < -0.4 is 0 Å². The molecule has 0 bridgehead atoms. The quantitative estimate of drug-likeness (QED) is 0.775. The van der Waals surface area contributed by atoms with Crippen molar-refractivity contribution in [2.24, 2.45) is 11.8 Å². The number of carbonyl (C=O) groups is 1. The Kier molecular flexibility index (Phi) is 5.22. The van der Waals surface area contributed by atoms with Crippen LogP contribution in [0.4, 0.5) is 0 Å². The highest BCUT2D eigenvalue weighted by molar-refractivity contribution is 6.29. The summed E-state index contributed by atoms with van der Waals surface area (Å²) in [4.78, 5) is 21.5. The van der Waals surface area contributed by atoms with E-state index in [9.17, 15) is 4.79 Å². The smallest absolute Gasteiger partial charge is 0.224 e. The first kappa shape index (κ1) is 16.7. The molecule has 1 aliphatic carbocycles. The molecule has 126 valence electrons. The maximum absolute atomic E-state index is 12.6. The van der Waals surface area contributed by atoms with Gasteiger partial charge in [-0.15, -0.1) is 0 Å². The second kappa shape index (κ2) is 7.18. The molecule has 2 fully saturated rings. The van der Waals surface area contributed by atoms with Gasteiger partial charge in [0.05, 0.1) is 5.69 Å². The minimum absolute atomic E-state index is 0.296. The van der Waals surface area contributed by atoms with E-state index in [1.54, 1.807) is 6.07 Å². The largest absolute Gasteiger partial charge is 0.338 e. The molecule has 1 saturated heterocycles. The molecule has 1 aliphatic heterocycles. The first-order valence-electron chi connectivity index (χ1n) is 8.66. The van der Waals surface area contributed by atoms with E-state index in [0.29, 0.717) is 29.4 Å². The minimum Gasteiger partial charge on any atom is -0.338 e. The maximum Gasteiger partial charge on any atom is 0.224 e. The first-order chi connectivity index (χ1) is 11.0. The van der Waals surface area contributed by atoms with Gasteiger partial charge in [-0.2, -0.15) is 0 Å². The zero-order chi connectivity index (χ0) is 16.4. The first-order valence-corrected chi connectivity index (χ1v) is 9.04.